The molecule has 0 unspecified atom stereocenters. The van der Waals surface area contributed by atoms with Gasteiger partial charge in [-0.2, -0.15) is 0 Å². The van der Waals surface area contributed by atoms with Crippen LogP contribution in [0.5, 0.6) is 0 Å². The maximum absolute atomic E-state index is 5.45. The molecule has 1 heterocycles. The second kappa shape index (κ2) is 14.5. The van der Waals surface area contributed by atoms with E-state index in [1.165, 1.54) is 19.5 Å². The molecule has 7 heteroatoms. The van der Waals surface area contributed by atoms with Crippen LogP contribution in [0.3, 0.4) is 0 Å². The molecule has 0 aliphatic carbocycles. The van der Waals surface area contributed by atoms with Gasteiger partial charge in [-0.3, -0.25) is 4.99 Å². The zero-order valence-electron chi connectivity index (χ0n) is 15.9. The minimum Gasteiger partial charge on any atom is -0.382 e. The molecule has 0 aromatic carbocycles. The minimum absolute atomic E-state index is 0.653. The van der Waals surface area contributed by atoms with Crippen LogP contribution in [0.15, 0.2) is 4.99 Å². The van der Waals surface area contributed by atoms with Crippen molar-refractivity contribution in [1.82, 2.24) is 20.4 Å². The van der Waals surface area contributed by atoms with Crippen molar-refractivity contribution in [3.8, 4) is 0 Å². The lowest BCUT2D eigenvalue weighted by molar-refractivity contribution is 0.0702. The summed E-state index contributed by atoms with van der Waals surface area (Å²) in [6, 6.07) is 0. The first-order chi connectivity index (χ1) is 11.8. The quantitative estimate of drug-likeness (QED) is 0.318. The van der Waals surface area contributed by atoms with Crippen LogP contribution in [0, 0.1) is 0 Å². The highest BCUT2D eigenvalue weighted by Crippen LogP contribution is 1.99. The molecule has 0 aromatic heterocycles. The summed E-state index contributed by atoms with van der Waals surface area (Å²) in [5.41, 5.74) is 0. The van der Waals surface area contributed by atoms with Crippen LogP contribution in [-0.4, -0.2) is 102 Å². The smallest absolute Gasteiger partial charge is 0.191 e. The fourth-order valence-corrected chi connectivity index (χ4v) is 2.60. The molecule has 1 saturated heterocycles. The first-order valence-electron chi connectivity index (χ1n) is 9.26. The fourth-order valence-electron chi connectivity index (χ4n) is 2.60. The number of guanidine groups is 1. The summed E-state index contributed by atoms with van der Waals surface area (Å²) < 4.78 is 10.4. The number of nitrogens with one attached hydrogen (secondary N) is 2. The molecule has 0 aromatic rings. The Balaban J connectivity index is 2.16. The van der Waals surface area contributed by atoms with Crippen molar-refractivity contribution < 1.29 is 9.47 Å². The van der Waals surface area contributed by atoms with Gasteiger partial charge in [0, 0.05) is 53.0 Å². The predicted octanol–water partition coefficient (Wildman–Crippen LogP) is 0.232. The van der Waals surface area contributed by atoms with Gasteiger partial charge in [0.1, 0.15) is 0 Å². The van der Waals surface area contributed by atoms with Crippen LogP contribution < -0.4 is 10.6 Å². The molecule has 0 bridgehead atoms. The second-order valence-electron chi connectivity index (χ2n) is 6.14. The van der Waals surface area contributed by atoms with Gasteiger partial charge in [-0.1, -0.05) is 0 Å². The summed E-state index contributed by atoms with van der Waals surface area (Å²) in [6.07, 6.45) is 2.19. The molecular formula is C17H37N5O2. The van der Waals surface area contributed by atoms with E-state index >= 15 is 0 Å². The average Bonchev–Trinajstić information content (AvgIpc) is 2.78. The van der Waals surface area contributed by atoms with Gasteiger partial charge in [0.2, 0.25) is 0 Å². The lowest BCUT2D eigenvalue weighted by Crippen LogP contribution is -2.42. The third-order valence-corrected chi connectivity index (χ3v) is 4.03. The van der Waals surface area contributed by atoms with E-state index in [1.807, 2.05) is 0 Å². The standard InChI is InChI=1S/C17H37N5O2/c1-4-18-17(19-7-5-14-24-16-15-23-3)20-8-11-22-10-6-9-21(2)12-13-22/h4-16H2,1-3H3,(H2,18,19,20). The van der Waals surface area contributed by atoms with Gasteiger partial charge in [-0.05, 0) is 39.9 Å². The average molecular weight is 344 g/mol. The number of methoxy groups -OCH3 is 1. The molecule has 24 heavy (non-hydrogen) atoms. The Kier molecular flexibility index (Phi) is 12.7. The molecule has 0 saturated carbocycles. The molecule has 0 amide bonds. The highest BCUT2D eigenvalue weighted by Gasteiger charge is 2.11. The Hall–Kier alpha value is -0.890. The van der Waals surface area contributed by atoms with Crippen molar-refractivity contribution in [2.45, 2.75) is 19.8 Å². The molecule has 1 aliphatic heterocycles. The van der Waals surface area contributed by atoms with Crippen LogP contribution >= 0.6 is 0 Å². The first kappa shape index (κ1) is 21.2. The van der Waals surface area contributed by atoms with E-state index < -0.39 is 0 Å². The molecule has 1 aliphatic rings. The van der Waals surface area contributed by atoms with Gasteiger partial charge >= 0.3 is 0 Å². The summed E-state index contributed by atoms with van der Waals surface area (Å²) in [4.78, 5) is 9.54. The fraction of sp³-hybridized carbons (Fsp3) is 0.941. The normalized spacial score (nSPS) is 17.7. The number of rotatable bonds is 11. The van der Waals surface area contributed by atoms with Gasteiger partial charge < -0.3 is 29.9 Å². The lowest BCUT2D eigenvalue weighted by Gasteiger charge is -2.21. The van der Waals surface area contributed by atoms with Gasteiger partial charge in [0.15, 0.2) is 5.96 Å². The van der Waals surface area contributed by atoms with Crippen LogP contribution in [0.2, 0.25) is 0 Å². The molecule has 2 N–H and O–H groups in total. The second-order valence-corrected chi connectivity index (χ2v) is 6.14. The van der Waals surface area contributed by atoms with Gasteiger partial charge in [0.25, 0.3) is 0 Å². The van der Waals surface area contributed by atoms with Gasteiger partial charge in [0.05, 0.1) is 13.2 Å². The van der Waals surface area contributed by atoms with Gasteiger partial charge in [-0.25, -0.2) is 0 Å². The molecular weight excluding hydrogens is 306 g/mol. The largest absolute Gasteiger partial charge is 0.382 e. The molecule has 142 valence electrons. The first-order valence-corrected chi connectivity index (χ1v) is 9.26. The molecule has 0 radical (unpaired) electrons. The topological polar surface area (TPSA) is 61.4 Å². The number of nitrogens with zero attached hydrogens (tertiary/aromatic N) is 3. The van der Waals surface area contributed by atoms with Crippen LogP contribution in [-0.2, 0) is 9.47 Å². The molecule has 7 nitrogen and oxygen atoms in total. The van der Waals surface area contributed by atoms with Gasteiger partial charge in [-0.15, -0.1) is 0 Å². The summed E-state index contributed by atoms with van der Waals surface area (Å²) in [5, 5.41) is 6.74. The minimum atomic E-state index is 0.653. The van der Waals surface area contributed by atoms with Crippen LogP contribution in [0.4, 0.5) is 0 Å². The number of hydrogen-bond acceptors (Lipinski definition) is 5. The van der Waals surface area contributed by atoms with Crippen molar-refractivity contribution in [1.29, 1.82) is 0 Å². The zero-order valence-corrected chi connectivity index (χ0v) is 15.9. The molecule has 1 fully saturated rings. The van der Waals surface area contributed by atoms with Crippen molar-refractivity contribution in [2.24, 2.45) is 4.99 Å². The summed E-state index contributed by atoms with van der Waals surface area (Å²) in [5.74, 6) is 0.904. The highest BCUT2D eigenvalue weighted by atomic mass is 16.5. The number of aliphatic imine (C=N–C) groups is 1. The molecule has 0 atom stereocenters. The Morgan fingerprint density at radius 1 is 1.08 bits per heavy atom. The maximum Gasteiger partial charge on any atom is 0.191 e. The van der Waals surface area contributed by atoms with E-state index in [2.05, 4.69) is 39.4 Å². The summed E-state index contributed by atoms with van der Waals surface area (Å²) >= 11 is 0. The summed E-state index contributed by atoms with van der Waals surface area (Å²) in [6.45, 7) is 12.5. The van der Waals surface area contributed by atoms with Crippen LogP contribution in [0.25, 0.3) is 0 Å². The number of hydrogen-bond donors (Lipinski definition) is 2. The van der Waals surface area contributed by atoms with Crippen molar-refractivity contribution in [2.75, 3.05) is 86.3 Å². The SMILES string of the molecule is CCNC(=NCCCOCCOC)NCCN1CCCN(C)CC1. The van der Waals surface area contributed by atoms with Crippen molar-refractivity contribution >= 4 is 5.96 Å². The number of likely N-dealkylation sites (N-methyl/N-ethyl adjacent to an activating group) is 1. The molecule has 0 spiro atoms. The highest BCUT2D eigenvalue weighted by molar-refractivity contribution is 5.79. The number of ether oxygens (including phenoxy) is 2. The Morgan fingerprint density at radius 2 is 1.96 bits per heavy atom. The van der Waals surface area contributed by atoms with E-state index in [9.17, 15) is 0 Å². The lowest BCUT2D eigenvalue weighted by atomic mass is 10.4. The van der Waals surface area contributed by atoms with Crippen LogP contribution in [0.1, 0.15) is 19.8 Å². The van der Waals surface area contributed by atoms with E-state index in [0.717, 1.165) is 58.3 Å². The van der Waals surface area contributed by atoms with Crippen molar-refractivity contribution in [3.63, 3.8) is 0 Å². The monoisotopic (exact) mass is 343 g/mol. The van der Waals surface area contributed by atoms with E-state index in [-0.39, 0.29) is 0 Å². The third kappa shape index (κ3) is 10.8. The Morgan fingerprint density at radius 3 is 2.75 bits per heavy atom. The molecule has 1 rings (SSSR count). The Bertz CT molecular complexity index is 328. The maximum atomic E-state index is 5.45. The zero-order chi connectivity index (χ0) is 17.5. The summed E-state index contributed by atoms with van der Waals surface area (Å²) in [7, 11) is 3.89. The Labute approximate surface area is 147 Å². The van der Waals surface area contributed by atoms with E-state index in [4.69, 9.17) is 9.47 Å². The predicted molar refractivity (Wildman–Crippen MR) is 99.8 cm³/mol. The third-order valence-electron chi connectivity index (χ3n) is 4.03. The van der Waals surface area contributed by atoms with Crippen molar-refractivity contribution in [3.05, 3.63) is 0 Å². The van der Waals surface area contributed by atoms with E-state index in [0.29, 0.717) is 13.2 Å². The van der Waals surface area contributed by atoms with E-state index in [1.54, 1.807) is 7.11 Å².